The van der Waals surface area contributed by atoms with Gasteiger partial charge in [0, 0.05) is 36.6 Å². The van der Waals surface area contributed by atoms with E-state index in [1.165, 1.54) is 30.4 Å². The summed E-state index contributed by atoms with van der Waals surface area (Å²) in [5.74, 6) is 1.75. The van der Waals surface area contributed by atoms with Gasteiger partial charge >= 0.3 is 0 Å². The van der Waals surface area contributed by atoms with Crippen LogP contribution in [-0.4, -0.2) is 36.1 Å². The van der Waals surface area contributed by atoms with Gasteiger partial charge in [0.05, 0.1) is 0 Å². The van der Waals surface area contributed by atoms with Crippen molar-refractivity contribution >= 4 is 17.5 Å². The number of aromatic nitrogens is 2. The van der Waals surface area contributed by atoms with Crippen LogP contribution in [0.1, 0.15) is 49.4 Å². The van der Waals surface area contributed by atoms with Crippen LogP contribution in [0.25, 0.3) is 0 Å². The molecule has 1 unspecified atom stereocenters. The molecule has 1 aromatic carbocycles. The summed E-state index contributed by atoms with van der Waals surface area (Å²) in [6, 6.07) is 9.11. The lowest BCUT2D eigenvalue weighted by atomic mass is 10.1. The van der Waals surface area contributed by atoms with Crippen LogP contribution < -0.4 is 15.5 Å². The van der Waals surface area contributed by atoms with E-state index >= 15 is 0 Å². The molecule has 0 saturated carbocycles. The molecule has 0 radical (unpaired) electrons. The molecule has 1 aromatic heterocycles. The number of benzene rings is 1. The van der Waals surface area contributed by atoms with E-state index < -0.39 is 0 Å². The summed E-state index contributed by atoms with van der Waals surface area (Å²) in [4.78, 5) is 12.0. The highest BCUT2D eigenvalue weighted by atomic mass is 15.2. The zero-order valence-electron chi connectivity index (χ0n) is 17.2. The third-order valence-electron chi connectivity index (χ3n) is 5.47. The molecule has 0 aliphatic carbocycles. The second-order valence-corrected chi connectivity index (χ2v) is 7.64. The molecule has 0 spiro atoms. The molecule has 2 heterocycles. The van der Waals surface area contributed by atoms with Crippen molar-refractivity contribution in [2.45, 2.75) is 58.9 Å². The first kappa shape index (κ1) is 19.6. The van der Waals surface area contributed by atoms with Crippen LogP contribution in [0.5, 0.6) is 0 Å². The molecule has 2 aromatic rings. The maximum atomic E-state index is 4.86. The second-order valence-electron chi connectivity index (χ2n) is 7.64. The lowest BCUT2D eigenvalue weighted by Gasteiger charge is -2.33. The molecule has 3 rings (SSSR count). The maximum Gasteiger partial charge on any atom is 0.229 e. The van der Waals surface area contributed by atoms with Crippen LogP contribution in [0.15, 0.2) is 24.3 Å². The van der Waals surface area contributed by atoms with E-state index in [0.717, 1.165) is 43.1 Å². The summed E-state index contributed by atoms with van der Waals surface area (Å²) in [6.45, 7) is 8.55. The number of rotatable bonds is 7. The predicted octanol–water partition coefficient (Wildman–Crippen LogP) is 4.37. The molecule has 0 amide bonds. The number of likely N-dealkylation sites (N-methyl/N-ethyl adjacent to an activating group) is 1. The average molecular weight is 368 g/mol. The number of piperidine rings is 1. The van der Waals surface area contributed by atoms with Crippen molar-refractivity contribution in [3.63, 3.8) is 0 Å². The first-order valence-electron chi connectivity index (χ1n) is 10.2. The van der Waals surface area contributed by atoms with Crippen LogP contribution in [-0.2, 0) is 6.42 Å². The monoisotopic (exact) mass is 367 g/mol. The smallest absolute Gasteiger partial charge is 0.229 e. The van der Waals surface area contributed by atoms with Crippen LogP contribution >= 0.6 is 0 Å². The van der Waals surface area contributed by atoms with Gasteiger partial charge in [-0.25, -0.2) is 4.98 Å². The quantitative estimate of drug-likeness (QED) is 0.761. The van der Waals surface area contributed by atoms with Crippen LogP contribution in [0.3, 0.4) is 0 Å². The number of aryl methyl sites for hydroxylation is 3. The molecular formula is C22H33N5. The Labute approximate surface area is 163 Å². The van der Waals surface area contributed by atoms with Gasteiger partial charge in [-0.05, 0) is 69.8 Å². The van der Waals surface area contributed by atoms with Crippen LogP contribution in [0.4, 0.5) is 17.5 Å². The lowest BCUT2D eigenvalue weighted by Crippen LogP contribution is -2.44. The Hall–Kier alpha value is -2.14. The summed E-state index contributed by atoms with van der Waals surface area (Å²) in [6.07, 6.45) is 5.74. The average Bonchev–Trinajstić information content (AvgIpc) is 2.69. The summed E-state index contributed by atoms with van der Waals surface area (Å²) < 4.78 is 0. The van der Waals surface area contributed by atoms with Gasteiger partial charge in [0.1, 0.15) is 5.82 Å². The Morgan fingerprint density at radius 3 is 2.74 bits per heavy atom. The minimum atomic E-state index is 0.531. The Morgan fingerprint density at radius 2 is 2.00 bits per heavy atom. The minimum absolute atomic E-state index is 0.531. The standard InChI is InChI=1S/C22H33N5/c1-5-6-8-18-14-21(27-12-7-9-20(15-27)23-4)26-22(24-18)25-19-11-10-16(2)17(3)13-19/h10-11,13-14,20,23H,5-9,12,15H2,1-4H3,(H,24,25,26). The van der Waals surface area contributed by atoms with Crippen LogP contribution in [0.2, 0.25) is 0 Å². The first-order valence-corrected chi connectivity index (χ1v) is 10.2. The number of unbranched alkanes of at least 4 members (excludes halogenated alkanes) is 1. The summed E-state index contributed by atoms with van der Waals surface area (Å²) in [5.41, 5.74) is 4.74. The largest absolute Gasteiger partial charge is 0.355 e. The number of nitrogens with one attached hydrogen (secondary N) is 2. The van der Waals surface area contributed by atoms with E-state index in [2.05, 4.69) is 60.6 Å². The minimum Gasteiger partial charge on any atom is -0.355 e. The molecule has 0 bridgehead atoms. The normalized spacial score (nSPS) is 17.2. The highest BCUT2D eigenvalue weighted by Gasteiger charge is 2.20. The Balaban J connectivity index is 1.86. The van der Waals surface area contributed by atoms with E-state index in [1.54, 1.807) is 0 Å². The van der Waals surface area contributed by atoms with E-state index in [0.29, 0.717) is 12.0 Å². The van der Waals surface area contributed by atoms with Gasteiger partial charge in [0.15, 0.2) is 0 Å². The fraction of sp³-hybridized carbons (Fsp3) is 0.545. The lowest BCUT2D eigenvalue weighted by molar-refractivity contribution is 0.447. The van der Waals surface area contributed by atoms with Crippen molar-refractivity contribution < 1.29 is 0 Å². The first-order chi connectivity index (χ1) is 13.1. The molecule has 1 atom stereocenters. The zero-order chi connectivity index (χ0) is 19.2. The van der Waals surface area contributed by atoms with Crippen molar-refractivity contribution in [1.29, 1.82) is 0 Å². The summed E-state index contributed by atoms with van der Waals surface area (Å²) in [7, 11) is 2.05. The third kappa shape index (κ3) is 5.19. The molecule has 27 heavy (non-hydrogen) atoms. The van der Waals surface area contributed by atoms with Gasteiger partial charge in [0.2, 0.25) is 5.95 Å². The predicted molar refractivity (Wildman–Crippen MR) is 114 cm³/mol. The molecule has 2 N–H and O–H groups in total. The van der Waals surface area contributed by atoms with Gasteiger partial charge in [-0.2, -0.15) is 4.98 Å². The Bertz CT molecular complexity index is 758. The number of nitrogens with zero attached hydrogens (tertiary/aromatic N) is 3. The van der Waals surface area contributed by atoms with Crippen LogP contribution in [0, 0.1) is 13.8 Å². The van der Waals surface area contributed by atoms with Crippen molar-refractivity contribution in [2.24, 2.45) is 0 Å². The van der Waals surface area contributed by atoms with Gasteiger partial charge in [-0.1, -0.05) is 19.4 Å². The molecule has 1 aliphatic heterocycles. The van der Waals surface area contributed by atoms with E-state index in [-0.39, 0.29) is 0 Å². The molecule has 146 valence electrons. The van der Waals surface area contributed by atoms with Crippen molar-refractivity contribution in [1.82, 2.24) is 15.3 Å². The Morgan fingerprint density at radius 1 is 1.15 bits per heavy atom. The Kier molecular flexibility index (Phi) is 6.67. The highest BCUT2D eigenvalue weighted by Crippen LogP contribution is 2.23. The third-order valence-corrected chi connectivity index (χ3v) is 5.47. The fourth-order valence-electron chi connectivity index (χ4n) is 3.56. The molecule has 5 heteroatoms. The maximum absolute atomic E-state index is 4.86. The van der Waals surface area contributed by atoms with E-state index in [1.807, 2.05) is 7.05 Å². The fourth-order valence-corrected chi connectivity index (χ4v) is 3.56. The number of hydrogen-bond donors (Lipinski definition) is 2. The molecule has 1 aliphatic rings. The SMILES string of the molecule is CCCCc1cc(N2CCCC(NC)C2)nc(Nc2ccc(C)c(C)c2)n1. The molecule has 1 fully saturated rings. The van der Waals surface area contributed by atoms with Crippen molar-refractivity contribution in [3.05, 3.63) is 41.1 Å². The highest BCUT2D eigenvalue weighted by molar-refractivity contribution is 5.57. The number of anilines is 3. The van der Waals surface area contributed by atoms with E-state index in [9.17, 15) is 0 Å². The second kappa shape index (κ2) is 9.18. The van der Waals surface area contributed by atoms with Gasteiger partial charge < -0.3 is 15.5 Å². The zero-order valence-corrected chi connectivity index (χ0v) is 17.2. The van der Waals surface area contributed by atoms with E-state index in [4.69, 9.17) is 9.97 Å². The van der Waals surface area contributed by atoms with Gasteiger partial charge in [-0.3, -0.25) is 0 Å². The summed E-state index contributed by atoms with van der Waals surface area (Å²) >= 11 is 0. The summed E-state index contributed by atoms with van der Waals surface area (Å²) in [5, 5.41) is 6.85. The van der Waals surface area contributed by atoms with Crippen molar-refractivity contribution in [3.8, 4) is 0 Å². The van der Waals surface area contributed by atoms with Gasteiger partial charge in [0.25, 0.3) is 0 Å². The topological polar surface area (TPSA) is 53.1 Å². The number of hydrogen-bond acceptors (Lipinski definition) is 5. The van der Waals surface area contributed by atoms with Crippen molar-refractivity contribution in [2.75, 3.05) is 30.4 Å². The molecule has 1 saturated heterocycles. The molecule has 5 nitrogen and oxygen atoms in total. The van der Waals surface area contributed by atoms with Gasteiger partial charge in [-0.15, -0.1) is 0 Å². The molecular weight excluding hydrogens is 334 g/mol.